The second kappa shape index (κ2) is 10.1. The van der Waals surface area contributed by atoms with Crippen molar-refractivity contribution in [3.8, 4) is 23.0 Å². The average molecular weight is 419 g/mol. The van der Waals surface area contributed by atoms with Crippen LogP contribution in [0.4, 0.5) is 0 Å². The molecule has 0 N–H and O–H groups in total. The zero-order valence-corrected chi connectivity index (χ0v) is 17.3. The SMILES string of the molecule is Clc1ccccc1OCCN1CCN(CCCOc2ccc3c(c2)OCO3)CC1. The molecule has 1 saturated heterocycles. The number of benzene rings is 2. The van der Waals surface area contributed by atoms with E-state index in [2.05, 4.69) is 9.80 Å². The number of ether oxygens (including phenoxy) is 4. The van der Waals surface area contributed by atoms with Gasteiger partial charge in [-0.15, -0.1) is 0 Å². The highest BCUT2D eigenvalue weighted by Gasteiger charge is 2.17. The molecule has 0 bridgehead atoms. The highest BCUT2D eigenvalue weighted by Crippen LogP contribution is 2.35. The fourth-order valence-electron chi connectivity index (χ4n) is 3.53. The first-order valence-electron chi connectivity index (χ1n) is 10.1. The van der Waals surface area contributed by atoms with Crippen LogP contribution in [0.2, 0.25) is 5.02 Å². The van der Waals surface area contributed by atoms with E-state index in [1.807, 2.05) is 42.5 Å². The first kappa shape index (κ1) is 20.1. The molecule has 29 heavy (non-hydrogen) atoms. The van der Waals surface area contributed by atoms with Gasteiger partial charge >= 0.3 is 0 Å². The predicted molar refractivity (Wildman–Crippen MR) is 113 cm³/mol. The van der Waals surface area contributed by atoms with E-state index in [9.17, 15) is 0 Å². The molecule has 2 heterocycles. The van der Waals surface area contributed by atoms with Gasteiger partial charge in [0.25, 0.3) is 0 Å². The van der Waals surface area contributed by atoms with Crippen molar-refractivity contribution in [2.45, 2.75) is 6.42 Å². The molecule has 2 aliphatic heterocycles. The van der Waals surface area contributed by atoms with Gasteiger partial charge in [-0.1, -0.05) is 23.7 Å². The summed E-state index contributed by atoms with van der Waals surface area (Å²) in [7, 11) is 0. The summed E-state index contributed by atoms with van der Waals surface area (Å²) in [4.78, 5) is 4.94. The second-order valence-electron chi connectivity index (χ2n) is 7.18. The summed E-state index contributed by atoms with van der Waals surface area (Å²) in [5, 5.41) is 0.667. The van der Waals surface area contributed by atoms with Crippen molar-refractivity contribution in [1.82, 2.24) is 9.80 Å². The summed E-state index contributed by atoms with van der Waals surface area (Å²) in [6.45, 7) is 7.91. The molecule has 1 fully saturated rings. The van der Waals surface area contributed by atoms with Gasteiger partial charge in [0.2, 0.25) is 6.79 Å². The Bertz CT molecular complexity index is 796. The zero-order valence-electron chi connectivity index (χ0n) is 16.5. The van der Waals surface area contributed by atoms with E-state index in [4.69, 9.17) is 30.5 Å². The van der Waals surface area contributed by atoms with E-state index in [0.29, 0.717) is 18.2 Å². The number of fused-ring (bicyclic) bond motifs is 1. The topological polar surface area (TPSA) is 43.4 Å². The Labute approximate surface area is 176 Å². The summed E-state index contributed by atoms with van der Waals surface area (Å²) in [5.41, 5.74) is 0. The fourth-order valence-corrected chi connectivity index (χ4v) is 3.72. The highest BCUT2D eigenvalue weighted by molar-refractivity contribution is 6.32. The molecule has 156 valence electrons. The Balaban J connectivity index is 1.08. The minimum Gasteiger partial charge on any atom is -0.493 e. The minimum atomic E-state index is 0.289. The van der Waals surface area contributed by atoms with Gasteiger partial charge < -0.3 is 23.8 Å². The van der Waals surface area contributed by atoms with Crippen LogP contribution < -0.4 is 18.9 Å². The van der Waals surface area contributed by atoms with Crippen molar-refractivity contribution in [2.24, 2.45) is 0 Å². The molecule has 7 heteroatoms. The van der Waals surface area contributed by atoms with E-state index >= 15 is 0 Å². The van der Waals surface area contributed by atoms with Crippen molar-refractivity contribution in [2.75, 3.05) is 59.3 Å². The molecule has 0 amide bonds. The molecule has 4 rings (SSSR count). The number of para-hydroxylation sites is 1. The van der Waals surface area contributed by atoms with Gasteiger partial charge in [0.15, 0.2) is 11.5 Å². The van der Waals surface area contributed by atoms with Gasteiger partial charge in [0.05, 0.1) is 11.6 Å². The van der Waals surface area contributed by atoms with Crippen molar-refractivity contribution < 1.29 is 18.9 Å². The van der Waals surface area contributed by atoms with Crippen LogP contribution >= 0.6 is 11.6 Å². The van der Waals surface area contributed by atoms with Gasteiger partial charge in [-0.3, -0.25) is 4.90 Å². The molecule has 6 nitrogen and oxygen atoms in total. The normalized spacial score (nSPS) is 16.7. The van der Waals surface area contributed by atoms with Crippen LogP contribution in [0.5, 0.6) is 23.0 Å². The van der Waals surface area contributed by atoms with Gasteiger partial charge in [-0.05, 0) is 30.7 Å². The second-order valence-corrected chi connectivity index (χ2v) is 7.59. The van der Waals surface area contributed by atoms with E-state index in [1.165, 1.54) is 0 Å². The van der Waals surface area contributed by atoms with Gasteiger partial charge in [-0.25, -0.2) is 0 Å². The van der Waals surface area contributed by atoms with Crippen molar-refractivity contribution in [3.63, 3.8) is 0 Å². The van der Waals surface area contributed by atoms with Gasteiger partial charge in [0.1, 0.15) is 18.1 Å². The van der Waals surface area contributed by atoms with Crippen LogP contribution in [-0.4, -0.2) is 69.1 Å². The highest BCUT2D eigenvalue weighted by atomic mass is 35.5. The van der Waals surface area contributed by atoms with Crippen molar-refractivity contribution >= 4 is 11.6 Å². The first-order chi connectivity index (χ1) is 14.3. The van der Waals surface area contributed by atoms with Crippen LogP contribution in [0.1, 0.15) is 6.42 Å². The lowest BCUT2D eigenvalue weighted by Crippen LogP contribution is -2.47. The lowest BCUT2D eigenvalue weighted by Gasteiger charge is -2.34. The Morgan fingerprint density at radius 1 is 0.828 bits per heavy atom. The van der Waals surface area contributed by atoms with E-state index in [0.717, 1.165) is 68.7 Å². The Kier molecular flexibility index (Phi) is 6.98. The van der Waals surface area contributed by atoms with Crippen LogP contribution in [0.3, 0.4) is 0 Å². The third kappa shape index (κ3) is 5.69. The molecule has 0 spiro atoms. The van der Waals surface area contributed by atoms with Crippen LogP contribution in [0, 0.1) is 0 Å². The molecule has 0 aliphatic carbocycles. The molecule has 2 aromatic rings. The maximum atomic E-state index is 6.12. The smallest absolute Gasteiger partial charge is 0.231 e. The summed E-state index contributed by atoms with van der Waals surface area (Å²) in [6, 6.07) is 13.3. The third-order valence-electron chi connectivity index (χ3n) is 5.20. The van der Waals surface area contributed by atoms with E-state index in [1.54, 1.807) is 0 Å². The van der Waals surface area contributed by atoms with E-state index in [-0.39, 0.29) is 6.79 Å². The lowest BCUT2D eigenvalue weighted by atomic mass is 10.3. The number of rotatable bonds is 9. The summed E-state index contributed by atoms with van der Waals surface area (Å²) >= 11 is 6.12. The number of nitrogens with zero attached hydrogens (tertiary/aromatic N) is 2. The molecule has 0 aromatic heterocycles. The first-order valence-corrected chi connectivity index (χ1v) is 10.5. The van der Waals surface area contributed by atoms with Crippen LogP contribution in [0.15, 0.2) is 42.5 Å². The van der Waals surface area contributed by atoms with Gasteiger partial charge in [0, 0.05) is 45.3 Å². The summed E-state index contributed by atoms with van der Waals surface area (Å²) < 4.78 is 22.3. The molecule has 2 aliphatic rings. The largest absolute Gasteiger partial charge is 0.493 e. The number of hydrogen-bond acceptors (Lipinski definition) is 6. The van der Waals surface area contributed by atoms with Crippen LogP contribution in [-0.2, 0) is 0 Å². The van der Waals surface area contributed by atoms with Crippen molar-refractivity contribution in [3.05, 3.63) is 47.5 Å². The maximum Gasteiger partial charge on any atom is 0.231 e. The van der Waals surface area contributed by atoms with E-state index < -0.39 is 0 Å². The molecule has 0 unspecified atom stereocenters. The molecule has 2 aromatic carbocycles. The molecule has 0 saturated carbocycles. The van der Waals surface area contributed by atoms with Crippen LogP contribution in [0.25, 0.3) is 0 Å². The van der Waals surface area contributed by atoms with Gasteiger partial charge in [-0.2, -0.15) is 0 Å². The Morgan fingerprint density at radius 2 is 1.59 bits per heavy atom. The third-order valence-corrected chi connectivity index (χ3v) is 5.51. The number of halogens is 1. The maximum absolute atomic E-state index is 6.12. The quantitative estimate of drug-likeness (QED) is 0.580. The zero-order chi connectivity index (χ0) is 19.9. The Morgan fingerprint density at radius 3 is 2.41 bits per heavy atom. The number of piperazine rings is 1. The predicted octanol–water partition coefficient (Wildman–Crippen LogP) is 3.53. The Hall–Kier alpha value is -2.15. The van der Waals surface area contributed by atoms with Crippen molar-refractivity contribution in [1.29, 1.82) is 0 Å². The summed E-state index contributed by atoms with van der Waals surface area (Å²) in [6.07, 6.45) is 1.00. The molecule has 0 radical (unpaired) electrons. The summed E-state index contributed by atoms with van der Waals surface area (Å²) in [5.74, 6) is 3.14. The number of hydrogen-bond donors (Lipinski definition) is 0. The monoisotopic (exact) mass is 418 g/mol. The standard InChI is InChI=1S/C22H27ClN2O4/c23-19-4-1-2-5-20(19)27-15-13-25-11-9-24(10-12-25)8-3-14-26-18-6-7-21-22(16-18)29-17-28-21/h1-2,4-7,16H,3,8-15,17H2. The molecular formula is C22H27ClN2O4. The lowest BCUT2D eigenvalue weighted by molar-refractivity contribution is 0.112. The minimum absolute atomic E-state index is 0.289. The molecular weight excluding hydrogens is 392 g/mol. The fraction of sp³-hybridized carbons (Fsp3) is 0.455. The molecule has 0 atom stereocenters. The average Bonchev–Trinajstić information content (AvgIpc) is 3.22.